The Balaban J connectivity index is 2.18. The number of methoxy groups -OCH3 is 1. The van der Waals surface area contributed by atoms with Gasteiger partial charge in [-0.3, -0.25) is 0 Å². The van der Waals surface area contributed by atoms with Gasteiger partial charge in [-0.05, 0) is 18.4 Å². The SMILES string of the molecule is CC[C@H](COC(=O)NC)Nc1ncc(Oc2cc(Cl)c(OC)cc2C(C)C)c(N)n1. The number of nitrogens with zero attached hydrogens (tertiary/aromatic N) is 2. The minimum atomic E-state index is -0.501. The minimum absolute atomic E-state index is 0.163. The number of hydrogen-bond donors (Lipinski definition) is 3. The van der Waals surface area contributed by atoms with Crippen molar-refractivity contribution >= 4 is 29.5 Å². The number of alkyl carbamates (subject to hydrolysis) is 1. The van der Waals surface area contributed by atoms with Crippen molar-refractivity contribution in [3.05, 3.63) is 28.9 Å². The predicted octanol–water partition coefficient (Wildman–Crippen LogP) is 4.18. The highest BCUT2D eigenvalue weighted by molar-refractivity contribution is 6.32. The number of amides is 1. The molecular weight excluding hydrogens is 410 g/mol. The summed E-state index contributed by atoms with van der Waals surface area (Å²) in [6.45, 7) is 6.19. The molecular formula is C20H28ClN5O4. The molecule has 1 aromatic carbocycles. The molecule has 2 aromatic rings. The Morgan fingerprint density at radius 2 is 2.00 bits per heavy atom. The van der Waals surface area contributed by atoms with Crippen LogP contribution in [0.25, 0.3) is 0 Å². The molecule has 0 unspecified atom stereocenters. The number of benzene rings is 1. The fraction of sp³-hybridized carbons (Fsp3) is 0.450. The van der Waals surface area contributed by atoms with Crippen molar-refractivity contribution in [2.24, 2.45) is 0 Å². The number of carbonyl (C=O) groups is 1. The van der Waals surface area contributed by atoms with E-state index in [1.54, 1.807) is 13.2 Å². The highest BCUT2D eigenvalue weighted by Crippen LogP contribution is 2.39. The van der Waals surface area contributed by atoms with E-state index in [2.05, 4.69) is 20.6 Å². The van der Waals surface area contributed by atoms with E-state index in [9.17, 15) is 4.79 Å². The lowest BCUT2D eigenvalue weighted by Gasteiger charge is -2.18. The summed E-state index contributed by atoms with van der Waals surface area (Å²) in [6, 6.07) is 3.36. The Labute approximate surface area is 181 Å². The first-order valence-corrected chi connectivity index (χ1v) is 9.95. The van der Waals surface area contributed by atoms with Gasteiger partial charge in [-0.1, -0.05) is 32.4 Å². The maximum atomic E-state index is 11.3. The van der Waals surface area contributed by atoms with E-state index in [0.717, 1.165) is 5.56 Å². The van der Waals surface area contributed by atoms with Gasteiger partial charge in [0.25, 0.3) is 0 Å². The third-order valence-electron chi connectivity index (χ3n) is 4.35. The lowest BCUT2D eigenvalue weighted by Crippen LogP contribution is -2.30. The van der Waals surface area contributed by atoms with Gasteiger partial charge in [-0.2, -0.15) is 4.98 Å². The lowest BCUT2D eigenvalue weighted by atomic mass is 10.0. The Bertz CT molecular complexity index is 879. The van der Waals surface area contributed by atoms with Gasteiger partial charge in [0, 0.05) is 18.7 Å². The summed E-state index contributed by atoms with van der Waals surface area (Å²) < 4.78 is 16.3. The molecule has 0 bridgehead atoms. The zero-order valence-electron chi connectivity index (χ0n) is 17.8. The van der Waals surface area contributed by atoms with Crippen LogP contribution in [-0.4, -0.2) is 42.9 Å². The minimum Gasteiger partial charge on any atom is -0.495 e. The monoisotopic (exact) mass is 437 g/mol. The molecule has 164 valence electrons. The quantitative estimate of drug-likeness (QED) is 0.534. The molecule has 1 atom stereocenters. The second-order valence-corrected chi connectivity index (χ2v) is 7.23. The Kier molecular flexibility index (Phi) is 8.35. The maximum Gasteiger partial charge on any atom is 0.406 e. The summed E-state index contributed by atoms with van der Waals surface area (Å²) in [4.78, 5) is 19.8. The van der Waals surface area contributed by atoms with Crippen LogP contribution in [0.5, 0.6) is 17.2 Å². The van der Waals surface area contributed by atoms with Gasteiger partial charge in [-0.25, -0.2) is 9.78 Å². The predicted molar refractivity (Wildman–Crippen MR) is 117 cm³/mol. The molecule has 0 saturated carbocycles. The number of ether oxygens (including phenoxy) is 3. The van der Waals surface area contributed by atoms with E-state index in [4.69, 9.17) is 31.5 Å². The van der Waals surface area contributed by atoms with Crippen LogP contribution in [0.3, 0.4) is 0 Å². The van der Waals surface area contributed by atoms with Crippen molar-refractivity contribution in [1.82, 2.24) is 15.3 Å². The number of carbonyl (C=O) groups excluding carboxylic acids is 1. The molecule has 0 radical (unpaired) electrons. The fourth-order valence-corrected chi connectivity index (χ4v) is 2.82. The molecule has 0 aliphatic carbocycles. The first kappa shape index (κ1) is 23.3. The lowest BCUT2D eigenvalue weighted by molar-refractivity contribution is 0.143. The first-order valence-electron chi connectivity index (χ1n) is 9.57. The van der Waals surface area contributed by atoms with E-state index in [1.165, 1.54) is 13.2 Å². The molecule has 1 heterocycles. The highest BCUT2D eigenvalue weighted by atomic mass is 35.5. The van der Waals surface area contributed by atoms with Gasteiger partial charge < -0.3 is 30.6 Å². The van der Waals surface area contributed by atoms with Crippen LogP contribution in [0.15, 0.2) is 18.3 Å². The first-order chi connectivity index (χ1) is 14.3. The van der Waals surface area contributed by atoms with Crippen molar-refractivity contribution in [2.45, 2.75) is 39.2 Å². The van der Waals surface area contributed by atoms with Gasteiger partial charge >= 0.3 is 6.09 Å². The van der Waals surface area contributed by atoms with Crippen LogP contribution >= 0.6 is 11.6 Å². The van der Waals surface area contributed by atoms with Crippen LogP contribution in [0, 0.1) is 0 Å². The second kappa shape index (κ2) is 10.7. The zero-order valence-corrected chi connectivity index (χ0v) is 18.5. The average Bonchev–Trinajstić information content (AvgIpc) is 2.72. The summed E-state index contributed by atoms with van der Waals surface area (Å²) in [5.74, 6) is 2.07. The number of nitrogen functional groups attached to an aromatic ring is 1. The largest absolute Gasteiger partial charge is 0.495 e. The van der Waals surface area contributed by atoms with Crippen molar-refractivity contribution in [3.8, 4) is 17.2 Å². The van der Waals surface area contributed by atoms with Gasteiger partial charge in [0.05, 0.1) is 24.4 Å². The fourth-order valence-electron chi connectivity index (χ4n) is 2.59. The third-order valence-corrected chi connectivity index (χ3v) is 4.65. The number of aromatic nitrogens is 2. The van der Waals surface area contributed by atoms with Crippen molar-refractivity contribution in [2.75, 3.05) is 31.8 Å². The maximum absolute atomic E-state index is 11.3. The van der Waals surface area contributed by atoms with E-state index in [1.807, 2.05) is 26.8 Å². The van der Waals surface area contributed by atoms with E-state index < -0.39 is 6.09 Å². The molecule has 9 nitrogen and oxygen atoms in total. The molecule has 1 amide bonds. The Morgan fingerprint density at radius 1 is 1.27 bits per heavy atom. The topological polar surface area (TPSA) is 121 Å². The molecule has 0 aliphatic rings. The molecule has 4 N–H and O–H groups in total. The van der Waals surface area contributed by atoms with Crippen molar-refractivity contribution in [1.29, 1.82) is 0 Å². The molecule has 30 heavy (non-hydrogen) atoms. The van der Waals surface area contributed by atoms with Gasteiger partial charge in [0.15, 0.2) is 11.6 Å². The summed E-state index contributed by atoms with van der Waals surface area (Å²) in [5, 5.41) is 5.92. The van der Waals surface area contributed by atoms with Gasteiger partial charge in [0.1, 0.15) is 18.1 Å². The van der Waals surface area contributed by atoms with Crippen LogP contribution in [0.1, 0.15) is 38.7 Å². The summed E-state index contributed by atoms with van der Waals surface area (Å²) in [5.41, 5.74) is 6.99. The third kappa shape index (κ3) is 6.03. The summed E-state index contributed by atoms with van der Waals surface area (Å²) in [6.07, 6.45) is 1.68. The van der Waals surface area contributed by atoms with Crippen LogP contribution in [0.4, 0.5) is 16.6 Å². The molecule has 0 aliphatic heterocycles. The number of hydrogen-bond acceptors (Lipinski definition) is 8. The van der Waals surface area contributed by atoms with Crippen LogP contribution < -0.4 is 25.8 Å². The number of anilines is 2. The molecule has 0 spiro atoms. The number of halogens is 1. The molecule has 10 heteroatoms. The second-order valence-electron chi connectivity index (χ2n) is 6.82. The Morgan fingerprint density at radius 3 is 2.57 bits per heavy atom. The standard InChI is InChI=1S/C20H28ClN5O4/c1-6-12(10-29-20(27)23-4)25-19-24-9-17(18(22)26-19)30-15-8-14(21)16(28-5)7-13(15)11(2)3/h7-9,11-12H,6,10H2,1-5H3,(H,23,27)(H3,22,24,25,26)/t12-/m1/s1. The smallest absolute Gasteiger partial charge is 0.406 e. The molecule has 2 rings (SSSR count). The number of rotatable bonds is 9. The van der Waals surface area contributed by atoms with Crippen LogP contribution in [0.2, 0.25) is 5.02 Å². The van der Waals surface area contributed by atoms with E-state index >= 15 is 0 Å². The molecule has 0 saturated heterocycles. The Hall–Kier alpha value is -2.94. The average molecular weight is 438 g/mol. The number of nitrogens with one attached hydrogen (secondary N) is 2. The normalized spacial score (nSPS) is 11.7. The van der Waals surface area contributed by atoms with E-state index in [0.29, 0.717) is 34.6 Å². The van der Waals surface area contributed by atoms with Crippen LogP contribution in [-0.2, 0) is 4.74 Å². The zero-order chi connectivity index (χ0) is 22.3. The van der Waals surface area contributed by atoms with Crippen molar-refractivity contribution in [3.63, 3.8) is 0 Å². The molecule has 0 fully saturated rings. The van der Waals surface area contributed by atoms with Gasteiger partial charge in [-0.15, -0.1) is 0 Å². The highest BCUT2D eigenvalue weighted by Gasteiger charge is 2.17. The number of nitrogens with two attached hydrogens (primary N) is 1. The molecule has 1 aromatic heterocycles. The van der Waals surface area contributed by atoms with Gasteiger partial charge in [0.2, 0.25) is 5.95 Å². The summed E-state index contributed by atoms with van der Waals surface area (Å²) >= 11 is 6.26. The van der Waals surface area contributed by atoms with Crippen molar-refractivity contribution < 1.29 is 19.0 Å². The summed E-state index contributed by atoms with van der Waals surface area (Å²) in [7, 11) is 3.06. The van der Waals surface area contributed by atoms with E-state index in [-0.39, 0.29) is 24.4 Å².